The Kier molecular flexibility index (Phi) is 22.0. The van der Waals surface area contributed by atoms with E-state index in [4.69, 9.17) is 0 Å². The van der Waals surface area contributed by atoms with E-state index in [0.717, 1.165) is 23.3 Å². The van der Waals surface area contributed by atoms with Gasteiger partial charge in [0.25, 0.3) is 0 Å². The number of piperidine rings is 1. The Hall–Kier alpha value is -0.0800. The lowest BCUT2D eigenvalue weighted by atomic mass is 9.57. The first-order chi connectivity index (χ1) is 20.1. The minimum atomic E-state index is 0.736. The number of rotatable bonds is 28. The van der Waals surface area contributed by atoms with E-state index >= 15 is 0 Å². The molecule has 2 aliphatic rings. The van der Waals surface area contributed by atoms with E-state index in [-0.39, 0.29) is 0 Å². The van der Waals surface area contributed by atoms with Crippen LogP contribution in [0.3, 0.4) is 0 Å². The molecule has 0 radical (unpaired) electrons. The van der Waals surface area contributed by atoms with E-state index in [0.29, 0.717) is 0 Å². The summed E-state index contributed by atoms with van der Waals surface area (Å²) in [5.74, 6) is 2.00. The third-order valence-electron chi connectivity index (χ3n) is 11.2. The third kappa shape index (κ3) is 17.1. The van der Waals surface area contributed by atoms with Crippen LogP contribution in [0.2, 0.25) is 0 Å². The maximum atomic E-state index is 4.03. The summed E-state index contributed by atoms with van der Waals surface area (Å²) in [4.78, 5) is 2.86. The molecule has 1 saturated heterocycles. The SMILES string of the molecule is CCCCCCCC(CCCCCC)CCN1CCC2(CC1)CC(CCNC(CCCCC)CCCCCCC)C2. The molecule has 0 aromatic rings. The Labute approximate surface area is 260 Å². The van der Waals surface area contributed by atoms with Crippen LogP contribution >= 0.6 is 0 Å². The van der Waals surface area contributed by atoms with Crippen LogP contribution < -0.4 is 5.32 Å². The maximum Gasteiger partial charge on any atom is 0.00670 e. The summed E-state index contributed by atoms with van der Waals surface area (Å²) in [5.41, 5.74) is 0.736. The number of likely N-dealkylation sites (tertiary alicyclic amines) is 1. The summed E-state index contributed by atoms with van der Waals surface area (Å²) in [6.45, 7) is 14.8. The highest BCUT2D eigenvalue weighted by atomic mass is 15.1. The highest BCUT2D eigenvalue weighted by molar-refractivity contribution is 4.97. The molecule has 2 nitrogen and oxygen atoms in total. The van der Waals surface area contributed by atoms with E-state index in [9.17, 15) is 0 Å². The van der Waals surface area contributed by atoms with Crippen LogP contribution in [-0.2, 0) is 0 Å². The molecule has 1 spiro atoms. The molecule has 41 heavy (non-hydrogen) atoms. The molecule has 2 atom stereocenters. The summed E-state index contributed by atoms with van der Waals surface area (Å²) in [6, 6.07) is 0.785. The predicted molar refractivity (Wildman–Crippen MR) is 185 cm³/mol. The Balaban J connectivity index is 1.61. The average Bonchev–Trinajstić information content (AvgIpc) is 2.97. The van der Waals surface area contributed by atoms with Crippen LogP contribution in [0.4, 0.5) is 0 Å². The standard InChI is InChI=1S/C39H78N2/c1-5-9-13-16-20-23-36(22-19-15-11-7-3)27-31-41-32-28-39(29-33-41)34-37(35-39)26-30-40-38(24-18-12-8-4)25-21-17-14-10-6-2/h36-38,40H,5-35H2,1-4H3. The Morgan fingerprint density at radius 2 is 1.05 bits per heavy atom. The van der Waals surface area contributed by atoms with Crippen molar-refractivity contribution in [3.8, 4) is 0 Å². The molecule has 1 N–H and O–H groups in total. The average molecular weight is 575 g/mol. The first-order valence-corrected chi connectivity index (χ1v) is 19.6. The van der Waals surface area contributed by atoms with Crippen molar-refractivity contribution in [3.05, 3.63) is 0 Å². The van der Waals surface area contributed by atoms with E-state index in [2.05, 4.69) is 37.9 Å². The van der Waals surface area contributed by atoms with Crippen LogP contribution in [-0.4, -0.2) is 37.1 Å². The predicted octanol–water partition coefficient (Wildman–Crippen LogP) is 12.1. The second-order valence-corrected chi connectivity index (χ2v) is 15.0. The second kappa shape index (κ2) is 24.3. The smallest absolute Gasteiger partial charge is 0.00670 e. The molecule has 2 heteroatoms. The molecule has 1 heterocycles. The number of unbranched alkanes of at least 4 members (excludes halogenated alkanes) is 13. The fourth-order valence-corrected chi connectivity index (χ4v) is 8.20. The van der Waals surface area contributed by atoms with Crippen molar-refractivity contribution >= 4 is 0 Å². The Morgan fingerprint density at radius 3 is 1.61 bits per heavy atom. The first-order valence-electron chi connectivity index (χ1n) is 19.6. The van der Waals surface area contributed by atoms with Crippen molar-refractivity contribution in [2.75, 3.05) is 26.2 Å². The lowest BCUT2D eigenvalue weighted by Gasteiger charge is -2.52. The zero-order chi connectivity index (χ0) is 29.4. The van der Waals surface area contributed by atoms with Gasteiger partial charge in [-0.3, -0.25) is 0 Å². The van der Waals surface area contributed by atoms with Crippen molar-refractivity contribution in [1.82, 2.24) is 10.2 Å². The molecule has 1 aliphatic heterocycles. The molecule has 244 valence electrons. The lowest BCUT2D eigenvalue weighted by molar-refractivity contribution is -0.0172. The van der Waals surface area contributed by atoms with Gasteiger partial charge < -0.3 is 10.2 Å². The topological polar surface area (TPSA) is 15.3 Å². The van der Waals surface area contributed by atoms with Crippen molar-refractivity contribution in [3.63, 3.8) is 0 Å². The number of nitrogens with zero attached hydrogens (tertiary/aromatic N) is 1. The third-order valence-corrected chi connectivity index (χ3v) is 11.2. The fourth-order valence-electron chi connectivity index (χ4n) is 8.20. The molecule has 2 unspecified atom stereocenters. The van der Waals surface area contributed by atoms with Gasteiger partial charge in [-0.2, -0.15) is 0 Å². The molecular weight excluding hydrogens is 496 g/mol. The van der Waals surface area contributed by atoms with Crippen molar-refractivity contribution in [2.24, 2.45) is 17.3 Å². The molecule has 0 amide bonds. The van der Waals surface area contributed by atoms with Crippen molar-refractivity contribution in [2.45, 2.75) is 207 Å². The van der Waals surface area contributed by atoms with E-state index in [1.165, 1.54) is 200 Å². The van der Waals surface area contributed by atoms with Gasteiger partial charge in [0.05, 0.1) is 0 Å². The minimum absolute atomic E-state index is 0.736. The molecule has 0 aromatic carbocycles. The van der Waals surface area contributed by atoms with Crippen LogP contribution in [0, 0.1) is 17.3 Å². The van der Waals surface area contributed by atoms with Crippen LogP contribution in [0.25, 0.3) is 0 Å². The molecule has 0 aromatic heterocycles. The molecule has 2 rings (SSSR count). The zero-order valence-electron chi connectivity index (χ0n) is 29.1. The van der Waals surface area contributed by atoms with Crippen LogP contribution in [0.1, 0.15) is 201 Å². The monoisotopic (exact) mass is 575 g/mol. The number of hydrogen-bond donors (Lipinski definition) is 1. The number of hydrogen-bond acceptors (Lipinski definition) is 2. The minimum Gasteiger partial charge on any atom is -0.314 e. The highest BCUT2D eigenvalue weighted by Gasteiger charge is 2.45. The lowest BCUT2D eigenvalue weighted by Crippen LogP contribution is -2.48. The molecule has 0 bridgehead atoms. The Bertz CT molecular complexity index is 558. The van der Waals surface area contributed by atoms with Crippen molar-refractivity contribution < 1.29 is 0 Å². The second-order valence-electron chi connectivity index (χ2n) is 15.0. The maximum absolute atomic E-state index is 4.03. The van der Waals surface area contributed by atoms with Gasteiger partial charge in [0.15, 0.2) is 0 Å². The van der Waals surface area contributed by atoms with Gasteiger partial charge in [0, 0.05) is 6.04 Å². The van der Waals surface area contributed by atoms with Gasteiger partial charge in [-0.05, 0) is 94.8 Å². The van der Waals surface area contributed by atoms with Gasteiger partial charge >= 0.3 is 0 Å². The summed E-state index contributed by atoms with van der Waals surface area (Å²) >= 11 is 0. The van der Waals surface area contributed by atoms with Gasteiger partial charge in [-0.15, -0.1) is 0 Å². The van der Waals surface area contributed by atoms with E-state index in [1.54, 1.807) is 0 Å². The normalized spacial score (nSPS) is 19.0. The van der Waals surface area contributed by atoms with Gasteiger partial charge in [0.1, 0.15) is 0 Å². The highest BCUT2D eigenvalue weighted by Crippen LogP contribution is 2.53. The largest absolute Gasteiger partial charge is 0.314 e. The summed E-state index contributed by atoms with van der Waals surface area (Å²) in [5, 5.41) is 4.03. The summed E-state index contributed by atoms with van der Waals surface area (Å²) < 4.78 is 0. The fraction of sp³-hybridized carbons (Fsp3) is 1.00. The first kappa shape index (κ1) is 37.1. The van der Waals surface area contributed by atoms with E-state index < -0.39 is 0 Å². The molecule has 1 saturated carbocycles. The molecule has 1 aliphatic carbocycles. The summed E-state index contributed by atoms with van der Waals surface area (Å²) in [7, 11) is 0. The molecule has 2 fully saturated rings. The van der Waals surface area contributed by atoms with Gasteiger partial charge in [-0.1, -0.05) is 150 Å². The number of nitrogens with one attached hydrogen (secondary N) is 1. The summed E-state index contributed by atoms with van der Waals surface area (Å²) in [6.07, 6.45) is 39.1. The van der Waals surface area contributed by atoms with E-state index in [1.807, 2.05) is 0 Å². The van der Waals surface area contributed by atoms with Crippen molar-refractivity contribution in [1.29, 1.82) is 0 Å². The Morgan fingerprint density at radius 1 is 0.585 bits per heavy atom. The van der Waals surface area contributed by atoms with Crippen LogP contribution in [0.5, 0.6) is 0 Å². The zero-order valence-corrected chi connectivity index (χ0v) is 29.1. The van der Waals surface area contributed by atoms with Crippen LogP contribution in [0.15, 0.2) is 0 Å². The quantitative estimate of drug-likeness (QED) is 0.0935. The molecular formula is C39H78N2. The van der Waals surface area contributed by atoms with Gasteiger partial charge in [-0.25, -0.2) is 0 Å². The van der Waals surface area contributed by atoms with Gasteiger partial charge in [0.2, 0.25) is 0 Å².